The first-order chi connectivity index (χ1) is 18.7. The zero-order valence-electron chi connectivity index (χ0n) is 22.3. The van der Waals surface area contributed by atoms with Crippen molar-refractivity contribution >= 4 is 34.8 Å². The number of fused-ring (bicyclic) bond motifs is 1. The highest BCUT2D eigenvalue weighted by atomic mass is 16.2. The van der Waals surface area contributed by atoms with Crippen LogP contribution in [-0.4, -0.2) is 46.4 Å². The molecule has 1 atom stereocenters. The molecule has 0 radical (unpaired) electrons. The largest absolute Gasteiger partial charge is 0.370 e. The Labute approximate surface area is 227 Å². The summed E-state index contributed by atoms with van der Waals surface area (Å²) in [7, 11) is 0. The average Bonchev–Trinajstić information content (AvgIpc) is 3.31. The number of carbonyl (C=O) groups excluding carboxylic acids is 3. The van der Waals surface area contributed by atoms with Gasteiger partial charge in [0.1, 0.15) is 11.9 Å². The van der Waals surface area contributed by atoms with Crippen LogP contribution >= 0.6 is 0 Å². The number of aromatic amines is 1. The molecule has 2 aromatic carbocycles. The number of guanidine groups is 1. The van der Waals surface area contributed by atoms with Gasteiger partial charge in [-0.2, -0.15) is 0 Å². The summed E-state index contributed by atoms with van der Waals surface area (Å²) in [6, 6.07) is 9.51. The smallest absolute Gasteiger partial charge is 0.312 e. The third-order valence-corrected chi connectivity index (χ3v) is 6.10. The van der Waals surface area contributed by atoms with Crippen molar-refractivity contribution in [3.63, 3.8) is 0 Å². The van der Waals surface area contributed by atoms with Crippen molar-refractivity contribution in [3.05, 3.63) is 64.5 Å². The lowest BCUT2D eigenvalue weighted by molar-refractivity contribution is -0.123. The molecule has 0 aliphatic heterocycles. The number of H-pyrrole nitrogens is 1. The van der Waals surface area contributed by atoms with E-state index in [1.165, 1.54) is 0 Å². The van der Waals surface area contributed by atoms with Crippen molar-refractivity contribution in [2.24, 2.45) is 22.2 Å². The van der Waals surface area contributed by atoms with Crippen molar-refractivity contribution in [2.45, 2.75) is 58.7 Å². The number of primary amides is 1. The first kappa shape index (κ1) is 29.0. The molecule has 0 unspecified atom stereocenters. The van der Waals surface area contributed by atoms with Crippen LogP contribution in [0.2, 0.25) is 0 Å². The zero-order valence-corrected chi connectivity index (χ0v) is 22.3. The Bertz CT molecular complexity index is 1330. The normalized spacial score (nSPS) is 11.5. The molecular weight excluding hydrogens is 498 g/mol. The third-order valence-electron chi connectivity index (χ3n) is 6.10. The first-order valence-electron chi connectivity index (χ1n) is 12.9. The number of nitrogens with two attached hydrogens (primary N) is 3. The van der Waals surface area contributed by atoms with Gasteiger partial charge in [-0.15, -0.1) is 0 Å². The van der Waals surface area contributed by atoms with E-state index in [1.54, 1.807) is 12.1 Å². The van der Waals surface area contributed by atoms with Gasteiger partial charge in [-0.25, -0.2) is 9.78 Å². The number of benzene rings is 2. The number of urea groups is 1. The summed E-state index contributed by atoms with van der Waals surface area (Å²) in [5.74, 6) is 0.166. The molecule has 208 valence electrons. The Morgan fingerprint density at radius 3 is 2.31 bits per heavy atom. The number of aliphatic imine (C=N–C) groups is 1. The summed E-state index contributed by atoms with van der Waals surface area (Å²) in [6.07, 6.45) is 2.62. The predicted molar refractivity (Wildman–Crippen MR) is 151 cm³/mol. The third kappa shape index (κ3) is 8.73. The van der Waals surface area contributed by atoms with Crippen molar-refractivity contribution in [1.82, 2.24) is 25.9 Å². The van der Waals surface area contributed by atoms with Crippen molar-refractivity contribution in [2.75, 3.05) is 6.54 Å². The number of rotatable bonds is 13. The second-order valence-electron chi connectivity index (χ2n) is 9.35. The molecule has 3 rings (SSSR count). The van der Waals surface area contributed by atoms with Gasteiger partial charge in [0.2, 0.25) is 5.91 Å². The number of hydrogen-bond donors (Lipinski definition) is 7. The summed E-state index contributed by atoms with van der Waals surface area (Å²) in [6.45, 7) is 4.90. The molecule has 10 N–H and O–H groups in total. The maximum Gasteiger partial charge on any atom is 0.312 e. The minimum atomic E-state index is -0.792. The van der Waals surface area contributed by atoms with E-state index in [1.807, 2.05) is 31.2 Å². The number of aromatic nitrogens is 2. The molecule has 39 heavy (non-hydrogen) atoms. The highest BCUT2D eigenvalue weighted by Gasteiger charge is 2.22. The van der Waals surface area contributed by atoms with E-state index in [4.69, 9.17) is 17.2 Å². The second-order valence-corrected chi connectivity index (χ2v) is 9.35. The second kappa shape index (κ2) is 13.8. The van der Waals surface area contributed by atoms with E-state index in [0.717, 1.165) is 46.4 Å². The quantitative estimate of drug-likeness (QED) is 0.0978. The molecule has 0 aliphatic carbocycles. The van der Waals surface area contributed by atoms with Crippen LogP contribution in [0.15, 0.2) is 41.4 Å². The van der Waals surface area contributed by atoms with Crippen LogP contribution in [0.5, 0.6) is 0 Å². The van der Waals surface area contributed by atoms with E-state index in [-0.39, 0.29) is 24.3 Å². The average molecular weight is 536 g/mol. The topological polar surface area (TPSA) is 206 Å². The fourth-order valence-electron chi connectivity index (χ4n) is 4.12. The number of nitrogens with zero attached hydrogens (tertiary/aromatic N) is 2. The maximum absolute atomic E-state index is 13.2. The van der Waals surface area contributed by atoms with Gasteiger partial charge in [0.15, 0.2) is 5.96 Å². The molecule has 0 spiro atoms. The Balaban J connectivity index is 1.69. The Morgan fingerprint density at radius 1 is 1.03 bits per heavy atom. The molecule has 0 saturated carbocycles. The zero-order chi connectivity index (χ0) is 28.4. The lowest BCUT2D eigenvalue weighted by Crippen LogP contribution is -2.46. The molecule has 0 aliphatic rings. The molecule has 12 nitrogen and oxygen atoms in total. The molecule has 1 aromatic heterocycles. The van der Waals surface area contributed by atoms with Gasteiger partial charge in [-0.1, -0.05) is 31.2 Å². The van der Waals surface area contributed by atoms with Crippen LogP contribution in [0.4, 0.5) is 4.79 Å². The van der Waals surface area contributed by atoms with Gasteiger partial charge >= 0.3 is 6.03 Å². The molecule has 1 heterocycles. The van der Waals surface area contributed by atoms with Crippen LogP contribution in [0.3, 0.4) is 0 Å². The van der Waals surface area contributed by atoms with Gasteiger partial charge in [0.25, 0.3) is 5.91 Å². The lowest BCUT2D eigenvalue weighted by atomic mass is 10.1. The van der Waals surface area contributed by atoms with Crippen LogP contribution < -0.4 is 33.2 Å². The van der Waals surface area contributed by atoms with Crippen molar-refractivity contribution < 1.29 is 14.4 Å². The highest BCUT2D eigenvalue weighted by Crippen LogP contribution is 2.20. The van der Waals surface area contributed by atoms with Crippen LogP contribution in [0.1, 0.15) is 59.1 Å². The number of aryl methyl sites for hydroxylation is 2. The number of amides is 4. The molecular formula is C27H37N9O3. The maximum atomic E-state index is 13.2. The Morgan fingerprint density at radius 2 is 1.69 bits per heavy atom. The van der Waals surface area contributed by atoms with Gasteiger partial charge in [-0.3, -0.25) is 14.6 Å². The number of nitrogens with one attached hydrogen (secondary N) is 4. The molecule has 4 amide bonds. The predicted octanol–water partition coefficient (Wildman–Crippen LogP) is 1.46. The molecule has 0 fully saturated rings. The summed E-state index contributed by atoms with van der Waals surface area (Å²) in [5, 5.41) is 8.29. The summed E-state index contributed by atoms with van der Waals surface area (Å²) < 4.78 is 0. The van der Waals surface area contributed by atoms with Gasteiger partial charge in [-0.05, 0) is 55.0 Å². The van der Waals surface area contributed by atoms with Crippen molar-refractivity contribution in [3.8, 4) is 0 Å². The Hall–Kier alpha value is -4.61. The van der Waals surface area contributed by atoms with E-state index >= 15 is 0 Å². The fourth-order valence-corrected chi connectivity index (χ4v) is 4.12. The van der Waals surface area contributed by atoms with Gasteiger partial charge in [0, 0.05) is 31.6 Å². The van der Waals surface area contributed by atoms with Crippen LogP contribution in [0.25, 0.3) is 11.0 Å². The first-order valence-corrected chi connectivity index (χ1v) is 12.9. The summed E-state index contributed by atoms with van der Waals surface area (Å²) >= 11 is 0. The monoisotopic (exact) mass is 535 g/mol. The van der Waals surface area contributed by atoms with Crippen LogP contribution in [0, 0.1) is 6.92 Å². The van der Waals surface area contributed by atoms with Crippen molar-refractivity contribution in [1.29, 1.82) is 0 Å². The van der Waals surface area contributed by atoms with Gasteiger partial charge in [0.05, 0.1) is 11.0 Å². The number of imidazole rings is 1. The Kier molecular flexibility index (Phi) is 10.2. The minimum Gasteiger partial charge on any atom is -0.370 e. The van der Waals surface area contributed by atoms with Crippen LogP contribution in [-0.2, 0) is 24.3 Å². The van der Waals surface area contributed by atoms with Gasteiger partial charge < -0.3 is 38.1 Å². The standard InChI is InChI=1S/C27H37N9O3/c1-3-5-22-34-21-13-19(12-16(2)23(21)36-22)24(37)35-20(6-4-11-31-26(28)29)25(38)32-14-17-7-9-18(10-8-17)15-33-27(30)39/h7-10,12-13,20H,3-6,11,14-15H2,1-2H3,(H,32,38)(H,34,36)(H,35,37)(H4,28,29,31)(H3,30,33,39)/t20-/m1/s1. The number of carbonyl (C=O) groups is 3. The van der Waals surface area contributed by atoms with E-state index in [2.05, 4.69) is 37.8 Å². The van der Waals surface area contributed by atoms with E-state index in [0.29, 0.717) is 31.5 Å². The molecule has 0 bridgehead atoms. The minimum absolute atomic E-state index is 0.0275. The molecule has 3 aromatic rings. The lowest BCUT2D eigenvalue weighted by Gasteiger charge is -2.19. The number of hydrogen-bond acceptors (Lipinski definition) is 5. The molecule has 0 saturated heterocycles. The highest BCUT2D eigenvalue weighted by molar-refractivity contribution is 6.00. The van der Waals surface area contributed by atoms with E-state index in [9.17, 15) is 14.4 Å². The van der Waals surface area contributed by atoms with E-state index < -0.39 is 12.1 Å². The SMILES string of the molecule is CCCc1nc2c(C)cc(C(=O)N[C@H](CCCN=C(N)N)C(=O)NCc3ccc(CNC(N)=O)cc3)cc2[nH]1. The molecule has 12 heteroatoms. The fraction of sp³-hybridized carbons (Fsp3) is 0.370. The summed E-state index contributed by atoms with van der Waals surface area (Å²) in [4.78, 5) is 49.1. The summed E-state index contributed by atoms with van der Waals surface area (Å²) in [5.41, 5.74) is 20.6.